The zero-order chi connectivity index (χ0) is 20.2. The molecule has 0 spiro atoms. The lowest BCUT2D eigenvalue weighted by molar-refractivity contribution is -0.147. The summed E-state index contributed by atoms with van der Waals surface area (Å²) in [4.78, 5) is 17.5. The molecular formula is C20H44N3O3. The van der Waals surface area contributed by atoms with Crippen LogP contribution in [0.5, 0.6) is 0 Å². The summed E-state index contributed by atoms with van der Waals surface area (Å²) in [6, 6.07) is 0.937. The number of unbranched alkanes of at least 4 members (excludes halogenated alkanes) is 1. The van der Waals surface area contributed by atoms with Crippen molar-refractivity contribution in [1.29, 1.82) is 0 Å². The number of hydrogen-bond acceptors (Lipinski definition) is 6. The average Bonchev–Trinajstić information content (AvgIpc) is 2.61. The zero-order valence-electron chi connectivity index (χ0n) is 18.6. The van der Waals surface area contributed by atoms with Crippen LogP contribution in [0.4, 0.5) is 0 Å². The van der Waals surface area contributed by atoms with Gasteiger partial charge in [-0.25, -0.2) is 0 Å². The Hall–Kier alpha value is -0.240. The van der Waals surface area contributed by atoms with Crippen LogP contribution in [-0.4, -0.2) is 24.0 Å². The smallest absolute Gasteiger partial charge is 0.127 e. The molecule has 0 fully saturated rings. The topological polar surface area (TPSA) is 63.8 Å². The van der Waals surface area contributed by atoms with Gasteiger partial charge in [-0.15, -0.1) is 0 Å². The molecule has 0 saturated heterocycles. The van der Waals surface area contributed by atoms with Crippen LogP contribution in [0.1, 0.15) is 94.4 Å². The van der Waals surface area contributed by atoms with E-state index in [0.29, 0.717) is 5.92 Å². The number of nitrogens with one attached hydrogen (secondary N) is 3. The second kappa shape index (κ2) is 13.9. The maximum absolute atomic E-state index is 5.88. The minimum absolute atomic E-state index is 0.106. The molecule has 0 aliphatic heterocycles. The van der Waals surface area contributed by atoms with E-state index in [0.717, 1.165) is 38.1 Å². The molecule has 6 nitrogen and oxygen atoms in total. The Labute approximate surface area is 162 Å². The van der Waals surface area contributed by atoms with Gasteiger partial charge in [-0.2, -0.15) is 16.4 Å². The van der Waals surface area contributed by atoms with Crippen LogP contribution in [0.3, 0.4) is 0 Å². The number of hydrogen-bond donors (Lipinski definition) is 3. The van der Waals surface area contributed by atoms with Crippen LogP contribution >= 0.6 is 0 Å². The van der Waals surface area contributed by atoms with E-state index in [2.05, 4.69) is 78.8 Å². The van der Waals surface area contributed by atoms with Gasteiger partial charge in [0, 0.05) is 0 Å². The minimum atomic E-state index is -0.311. The fraction of sp³-hybridized carbons (Fsp3) is 0.950. The van der Waals surface area contributed by atoms with Crippen molar-refractivity contribution in [2.45, 2.75) is 118 Å². The van der Waals surface area contributed by atoms with Gasteiger partial charge in [0.1, 0.15) is 6.17 Å². The SMILES string of the molecule is CCCCC(C)ONC(NOC(C)(C)CC)[C](CC)NOC(C)C(C)C. The van der Waals surface area contributed by atoms with Crippen molar-refractivity contribution in [3.63, 3.8) is 0 Å². The van der Waals surface area contributed by atoms with Gasteiger partial charge in [0.15, 0.2) is 0 Å². The molecule has 0 amide bonds. The van der Waals surface area contributed by atoms with Gasteiger partial charge in [-0.3, -0.25) is 14.5 Å². The van der Waals surface area contributed by atoms with Crippen molar-refractivity contribution in [3.8, 4) is 0 Å². The molecule has 0 rings (SSSR count). The molecule has 0 heterocycles. The highest BCUT2D eigenvalue weighted by molar-refractivity contribution is 4.92. The Bertz CT molecular complexity index is 340. The summed E-state index contributed by atoms with van der Waals surface area (Å²) in [5.74, 6) is 0.431. The molecule has 0 bridgehead atoms. The summed E-state index contributed by atoms with van der Waals surface area (Å²) in [6.07, 6.45) is 4.94. The summed E-state index contributed by atoms with van der Waals surface area (Å²) in [6.45, 7) is 18.9. The quantitative estimate of drug-likeness (QED) is 0.270. The van der Waals surface area contributed by atoms with Gasteiger partial charge < -0.3 is 0 Å². The summed E-state index contributed by atoms with van der Waals surface area (Å²) in [5.41, 5.74) is 9.06. The highest BCUT2D eigenvalue weighted by atomic mass is 16.7. The van der Waals surface area contributed by atoms with Gasteiger partial charge in [0.05, 0.1) is 23.9 Å². The molecule has 6 heteroatoms. The van der Waals surface area contributed by atoms with Crippen LogP contribution in [0.2, 0.25) is 0 Å². The first-order chi connectivity index (χ1) is 12.2. The van der Waals surface area contributed by atoms with Gasteiger partial charge in [0.25, 0.3) is 0 Å². The summed E-state index contributed by atoms with van der Waals surface area (Å²) in [5, 5.41) is 0. The summed E-state index contributed by atoms with van der Waals surface area (Å²) in [7, 11) is 0. The molecular weight excluding hydrogens is 330 g/mol. The van der Waals surface area contributed by atoms with Gasteiger partial charge in [-0.05, 0) is 52.9 Å². The first-order valence-corrected chi connectivity index (χ1v) is 10.3. The van der Waals surface area contributed by atoms with Crippen molar-refractivity contribution >= 4 is 0 Å². The molecule has 26 heavy (non-hydrogen) atoms. The lowest BCUT2D eigenvalue weighted by Gasteiger charge is -2.33. The number of hydroxylamine groups is 3. The average molecular weight is 375 g/mol. The van der Waals surface area contributed by atoms with Crippen LogP contribution in [0.25, 0.3) is 0 Å². The Kier molecular flexibility index (Phi) is 13.7. The first kappa shape index (κ1) is 25.8. The molecule has 3 N–H and O–H groups in total. The maximum Gasteiger partial charge on any atom is 0.127 e. The van der Waals surface area contributed by atoms with Gasteiger partial charge in [-0.1, -0.05) is 47.5 Å². The molecule has 0 aromatic rings. The summed E-state index contributed by atoms with van der Waals surface area (Å²) >= 11 is 0. The molecule has 3 unspecified atom stereocenters. The van der Waals surface area contributed by atoms with E-state index in [1.165, 1.54) is 0 Å². The van der Waals surface area contributed by atoms with Crippen LogP contribution < -0.4 is 16.4 Å². The fourth-order valence-corrected chi connectivity index (χ4v) is 1.83. The monoisotopic (exact) mass is 374 g/mol. The molecule has 3 atom stereocenters. The first-order valence-electron chi connectivity index (χ1n) is 10.3. The van der Waals surface area contributed by atoms with Crippen molar-refractivity contribution in [3.05, 3.63) is 6.04 Å². The predicted octanol–water partition coefficient (Wildman–Crippen LogP) is 4.63. The normalized spacial score (nSPS) is 16.3. The van der Waals surface area contributed by atoms with E-state index in [1.54, 1.807) is 0 Å². The van der Waals surface area contributed by atoms with Crippen molar-refractivity contribution in [2.75, 3.05) is 0 Å². The van der Waals surface area contributed by atoms with Gasteiger partial charge >= 0.3 is 0 Å². The van der Waals surface area contributed by atoms with Crippen LogP contribution in [0.15, 0.2) is 0 Å². The Balaban J connectivity index is 4.78. The molecule has 1 radical (unpaired) electrons. The van der Waals surface area contributed by atoms with Crippen molar-refractivity contribution < 1.29 is 14.5 Å². The molecule has 0 aliphatic carbocycles. The van der Waals surface area contributed by atoms with E-state index in [9.17, 15) is 0 Å². The minimum Gasteiger partial charge on any atom is -0.298 e. The van der Waals surface area contributed by atoms with E-state index in [4.69, 9.17) is 14.5 Å². The zero-order valence-corrected chi connectivity index (χ0v) is 18.6. The largest absolute Gasteiger partial charge is 0.298 e. The van der Waals surface area contributed by atoms with Gasteiger partial charge in [0.2, 0.25) is 0 Å². The molecule has 0 aromatic heterocycles. The summed E-state index contributed by atoms with van der Waals surface area (Å²) < 4.78 is 0. The van der Waals surface area contributed by atoms with E-state index >= 15 is 0 Å². The Morgan fingerprint density at radius 2 is 1.62 bits per heavy atom. The Morgan fingerprint density at radius 1 is 0.962 bits per heavy atom. The second-order valence-electron chi connectivity index (χ2n) is 8.00. The number of rotatable bonds is 16. The third-order valence-corrected chi connectivity index (χ3v) is 4.70. The van der Waals surface area contributed by atoms with E-state index < -0.39 is 0 Å². The maximum atomic E-state index is 5.88. The highest BCUT2D eigenvalue weighted by Gasteiger charge is 2.26. The second-order valence-corrected chi connectivity index (χ2v) is 8.00. The van der Waals surface area contributed by atoms with Crippen LogP contribution in [-0.2, 0) is 14.5 Å². The standard InChI is InChI=1S/C20H44N3O3/c1-10-13-14-16(6)24-22-19(23-26-20(8,9)12-3)18(11-2)21-25-17(7)15(4)5/h15-17,19,21-23H,10-14H2,1-9H3. The molecule has 0 aromatic carbocycles. The lowest BCUT2D eigenvalue weighted by atomic mass is 10.1. The highest BCUT2D eigenvalue weighted by Crippen LogP contribution is 2.15. The third-order valence-electron chi connectivity index (χ3n) is 4.70. The fourth-order valence-electron chi connectivity index (χ4n) is 1.83. The lowest BCUT2D eigenvalue weighted by Crippen LogP contribution is -2.54. The van der Waals surface area contributed by atoms with E-state index in [1.807, 2.05) is 0 Å². The predicted molar refractivity (Wildman–Crippen MR) is 108 cm³/mol. The molecule has 157 valence electrons. The van der Waals surface area contributed by atoms with Crippen molar-refractivity contribution in [1.82, 2.24) is 16.4 Å². The third kappa shape index (κ3) is 11.5. The van der Waals surface area contributed by atoms with Crippen molar-refractivity contribution in [2.24, 2.45) is 5.92 Å². The molecule has 0 aliphatic rings. The van der Waals surface area contributed by atoms with Crippen LogP contribution in [0, 0.1) is 12.0 Å². The Morgan fingerprint density at radius 3 is 2.12 bits per heavy atom. The van der Waals surface area contributed by atoms with E-state index in [-0.39, 0.29) is 24.0 Å². The molecule has 0 saturated carbocycles.